The van der Waals surface area contributed by atoms with Crippen molar-refractivity contribution < 1.29 is 23.5 Å². The third-order valence-corrected chi connectivity index (χ3v) is 5.13. The van der Waals surface area contributed by atoms with Gasteiger partial charge in [-0.3, -0.25) is 9.59 Å². The van der Waals surface area contributed by atoms with Crippen LogP contribution in [0.3, 0.4) is 0 Å². The molecule has 166 valence electrons. The van der Waals surface area contributed by atoms with Crippen molar-refractivity contribution >= 4 is 28.6 Å². The topological polar surface area (TPSA) is 84.5 Å². The van der Waals surface area contributed by atoms with E-state index in [1.54, 1.807) is 6.07 Å². The molecule has 0 aromatic heterocycles. The molecule has 3 rings (SSSR count). The van der Waals surface area contributed by atoms with E-state index in [9.17, 15) is 18.8 Å². The minimum absolute atomic E-state index is 0.0747. The second kappa shape index (κ2) is 10.5. The number of carbonyl (C=O) groups is 3. The molecule has 0 unspecified atom stereocenters. The van der Waals surface area contributed by atoms with Crippen LogP contribution in [0.1, 0.15) is 18.1 Å². The minimum Gasteiger partial charge on any atom is -0.467 e. The minimum atomic E-state index is -0.978. The normalized spacial score (nSPS) is 12.6. The molecule has 0 saturated carbocycles. The fourth-order valence-electron chi connectivity index (χ4n) is 3.65. The highest BCUT2D eigenvalue weighted by Crippen LogP contribution is 2.20. The third-order valence-electron chi connectivity index (χ3n) is 5.13. The number of nitrogens with one attached hydrogen (secondary N) is 2. The number of esters is 1. The number of hydrogen-bond donors (Lipinski definition) is 2. The number of halogens is 1. The van der Waals surface area contributed by atoms with E-state index in [-0.39, 0.29) is 12.8 Å². The Labute approximate surface area is 185 Å². The molecule has 0 spiro atoms. The summed E-state index contributed by atoms with van der Waals surface area (Å²) in [6.07, 6.45) is 0.290. The fourth-order valence-corrected chi connectivity index (χ4v) is 3.65. The van der Waals surface area contributed by atoms with E-state index < -0.39 is 35.7 Å². The number of carbonyl (C=O) groups excluding carboxylic acids is 3. The van der Waals surface area contributed by atoms with Gasteiger partial charge in [0.25, 0.3) is 0 Å². The molecule has 32 heavy (non-hydrogen) atoms. The first-order chi connectivity index (χ1) is 15.4. The maximum atomic E-state index is 13.6. The lowest BCUT2D eigenvalue weighted by molar-refractivity contribution is -0.145. The molecule has 2 amide bonds. The van der Waals surface area contributed by atoms with Crippen molar-refractivity contribution in [2.75, 3.05) is 7.11 Å². The van der Waals surface area contributed by atoms with Gasteiger partial charge in [-0.1, -0.05) is 54.6 Å². The smallest absolute Gasteiger partial charge is 0.328 e. The zero-order valence-corrected chi connectivity index (χ0v) is 17.9. The lowest BCUT2D eigenvalue weighted by atomic mass is 9.98. The molecule has 0 bridgehead atoms. The van der Waals surface area contributed by atoms with Crippen molar-refractivity contribution in [1.29, 1.82) is 0 Å². The van der Waals surface area contributed by atoms with Gasteiger partial charge < -0.3 is 15.4 Å². The van der Waals surface area contributed by atoms with Gasteiger partial charge in [-0.25, -0.2) is 9.18 Å². The van der Waals surface area contributed by atoms with Crippen molar-refractivity contribution in [2.24, 2.45) is 0 Å². The molecule has 2 atom stereocenters. The van der Waals surface area contributed by atoms with Crippen molar-refractivity contribution in [3.63, 3.8) is 0 Å². The molecule has 3 aromatic carbocycles. The van der Waals surface area contributed by atoms with Crippen molar-refractivity contribution in [2.45, 2.75) is 31.8 Å². The summed E-state index contributed by atoms with van der Waals surface area (Å²) in [5.41, 5.74) is 1.42. The Balaban J connectivity index is 1.82. The molecule has 7 heteroatoms. The van der Waals surface area contributed by atoms with Crippen molar-refractivity contribution in [3.8, 4) is 0 Å². The summed E-state index contributed by atoms with van der Waals surface area (Å²) in [5, 5.41) is 7.26. The van der Waals surface area contributed by atoms with E-state index in [0.29, 0.717) is 5.56 Å². The fraction of sp³-hybridized carbons (Fsp3) is 0.240. The molecule has 0 heterocycles. The number of ether oxygens (including phenoxy) is 1. The molecule has 0 saturated heterocycles. The van der Waals surface area contributed by atoms with E-state index in [2.05, 4.69) is 10.6 Å². The Morgan fingerprint density at radius 2 is 1.62 bits per heavy atom. The SMILES string of the molecule is COC(=O)[C@@H](Cc1cccc2ccccc12)NC(=O)[C@H](Cc1cccc(F)c1)NC(C)=O. The predicted octanol–water partition coefficient (Wildman–Crippen LogP) is 2.93. The third kappa shape index (κ3) is 5.91. The van der Waals surface area contributed by atoms with Gasteiger partial charge in [0.1, 0.15) is 17.9 Å². The Bertz CT molecular complexity index is 1130. The van der Waals surface area contributed by atoms with Crippen LogP contribution in [0.5, 0.6) is 0 Å². The quantitative estimate of drug-likeness (QED) is 0.532. The lowest BCUT2D eigenvalue weighted by Gasteiger charge is -2.22. The summed E-state index contributed by atoms with van der Waals surface area (Å²) >= 11 is 0. The summed E-state index contributed by atoms with van der Waals surface area (Å²) in [6, 6.07) is 17.4. The maximum Gasteiger partial charge on any atom is 0.328 e. The molecule has 0 radical (unpaired) electrons. The van der Waals surface area contributed by atoms with Crippen LogP contribution in [0.15, 0.2) is 66.7 Å². The van der Waals surface area contributed by atoms with Crippen LogP contribution < -0.4 is 10.6 Å². The van der Waals surface area contributed by atoms with Crippen LogP contribution in [0.25, 0.3) is 10.8 Å². The van der Waals surface area contributed by atoms with Gasteiger partial charge in [0.2, 0.25) is 11.8 Å². The Morgan fingerprint density at radius 1 is 0.906 bits per heavy atom. The lowest BCUT2D eigenvalue weighted by Crippen LogP contribution is -2.53. The zero-order chi connectivity index (χ0) is 23.1. The van der Waals surface area contributed by atoms with Crippen LogP contribution in [0, 0.1) is 5.82 Å². The van der Waals surface area contributed by atoms with Crippen LogP contribution in [-0.4, -0.2) is 37.0 Å². The number of hydrogen-bond acceptors (Lipinski definition) is 4. The van der Waals surface area contributed by atoms with Gasteiger partial charge in [0.05, 0.1) is 7.11 Å². The van der Waals surface area contributed by atoms with E-state index in [4.69, 9.17) is 4.74 Å². The molecule has 2 N–H and O–H groups in total. The van der Waals surface area contributed by atoms with Crippen LogP contribution in [-0.2, 0) is 32.0 Å². The number of rotatable bonds is 8. The summed E-state index contributed by atoms with van der Waals surface area (Å²) in [7, 11) is 1.25. The monoisotopic (exact) mass is 436 g/mol. The number of methoxy groups -OCH3 is 1. The number of fused-ring (bicyclic) bond motifs is 1. The first-order valence-electron chi connectivity index (χ1n) is 10.2. The van der Waals surface area contributed by atoms with Crippen LogP contribution in [0.4, 0.5) is 4.39 Å². The van der Waals surface area contributed by atoms with Gasteiger partial charge in [-0.15, -0.1) is 0 Å². The molecular formula is C25H25FN2O4. The van der Waals surface area contributed by atoms with Gasteiger partial charge in [0, 0.05) is 19.8 Å². The molecule has 3 aromatic rings. The summed E-state index contributed by atoms with van der Waals surface area (Å²) in [6.45, 7) is 1.29. The molecule has 0 aliphatic heterocycles. The van der Waals surface area contributed by atoms with E-state index >= 15 is 0 Å². The van der Waals surface area contributed by atoms with E-state index in [1.165, 1.54) is 32.2 Å². The van der Waals surface area contributed by atoms with Crippen LogP contribution in [0.2, 0.25) is 0 Å². The molecule has 6 nitrogen and oxygen atoms in total. The standard InChI is InChI=1S/C25H25FN2O4/c1-16(29)27-22(14-17-7-5-11-20(26)13-17)24(30)28-23(25(31)32-2)15-19-10-6-9-18-8-3-4-12-21(18)19/h3-13,22-23H,14-15H2,1-2H3,(H,27,29)(H,28,30)/t22-,23+/m0/s1. The van der Waals surface area contributed by atoms with Gasteiger partial charge in [0.15, 0.2) is 0 Å². The first-order valence-corrected chi connectivity index (χ1v) is 10.2. The molecule has 0 fully saturated rings. The van der Waals surface area contributed by atoms with Crippen molar-refractivity contribution in [1.82, 2.24) is 10.6 Å². The Morgan fingerprint density at radius 3 is 2.34 bits per heavy atom. The second-order valence-electron chi connectivity index (χ2n) is 7.51. The molecule has 0 aliphatic rings. The predicted molar refractivity (Wildman–Crippen MR) is 119 cm³/mol. The maximum absolute atomic E-state index is 13.6. The van der Waals surface area contributed by atoms with Gasteiger partial charge >= 0.3 is 5.97 Å². The summed E-state index contributed by atoms with van der Waals surface area (Å²) in [4.78, 5) is 37.2. The second-order valence-corrected chi connectivity index (χ2v) is 7.51. The largest absolute Gasteiger partial charge is 0.467 e. The summed E-state index contributed by atoms with van der Waals surface area (Å²) < 4.78 is 18.5. The van der Waals surface area contributed by atoms with E-state index in [0.717, 1.165) is 16.3 Å². The highest BCUT2D eigenvalue weighted by molar-refractivity contribution is 5.91. The van der Waals surface area contributed by atoms with Gasteiger partial charge in [-0.2, -0.15) is 0 Å². The van der Waals surface area contributed by atoms with Gasteiger partial charge in [-0.05, 0) is 34.0 Å². The Hall–Kier alpha value is -3.74. The first kappa shape index (κ1) is 22.9. The molecule has 0 aliphatic carbocycles. The summed E-state index contributed by atoms with van der Waals surface area (Å²) in [5.74, 6) is -2.00. The van der Waals surface area contributed by atoms with E-state index in [1.807, 2.05) is 42.5 Å². The molecular weight excluding hydrogens is 411 g/mol. The van der Waals surface area contributed by atoms with Crippen LogP contribution >= 0.6 is 0 Å². The number of benzene rings is 3. The average molecular weight is 436 g/mol. The zero-order valence-electron chi connectivity index (χ0n) is 17.9. The Kier molecular flexibility index (Phi) is 7.54. The average Bonchev–Trinajstić information content (AvgIpc) is 2.77. The highest BCUT2D eigenvalue weighted by Gasteiger charge is 2.27. The highest BCUT2D eigenvalue weighted by atomic mass is 19.1. The number of amides is 2. The van der Waals surface area contributed by atoms with Crippen molar-refractivity contribution in [3.05, 3.63) is 83.7 Å².